The van der Waals surface area contributed by atoms with E-state index in [1.165, 1.54) is 6.26 Å². The number of anilines is 2. The van der Waals surface area contributed by atoms with Gasteiger partial charge in [0.25, 0.3) is 0 Å². The van der Waals surface area contributed by atoms with E-state index in [0.717, 1.165) is 22.3 Å². The molecule has 0 fully saturated rings. The van der Waals surface area contributed by atoms with Crippen molar-refractivity contribution in [2.24, 2.45) is 0 Å². The first-order valence-corrected chi connectivity index (χ1v) is 9.06. The molecular weight excluding hydrogens is 385 g/mol. The second-order valence-corrected chi connectivity index (χ2v) is 6.62. The highest BCUT2D eigenvalue weighted by Gasteiger charge is 2.12. The van der Waals surface area contributed by atoms with Gasteiger partial charge in [-0.1, -0.05) is 40.5 Å². The Balaban J connectivity index is 1.62. The molecule has 2 aromatic carbocycles. The van der Waals surface area contributed by atoms with Crippen molar-refractivity contribution in [1.82, 2.24) is 15.1 Å². The molecule has 2 aromatic heterocycles. The fourth-order valence-corrected chi connectivity index (χ4v) is 3.17. The van der Waals surface area contributed by atoms with Crippen molar-refractivity contribution >= 4 is 45.7 Å². The van der Waals surface area contributed by atoms with E-state index in [0.29, 0.717) is 34.8 Å². The lowest BCUT2D eigenvalue weighted by molar-refractivity contribution is 0.422. The van der Waals surface area contributed by atoms with Crippen molar-refractivity contribution in [1.29, 1.82) is 0 Å². The Morgan fingerprint density at radius 3 is 2.59 bits per heavy atom. The summed E-state index contributed by atoms with van der Waals surface area (Å²) in [7, 11) is 0. The molecule has 0 saturated heterocycles. The second-order valence-electron chi connectivity index (χ2n) is 5.78. The monoisotopic (exact) mass is 399 g/mol. The Morgan fingerprint density at radius 1 is 0.926 bits per heavy atom. The van der Waals surface area contributed by atoms with Crippen LogP contribution in [0.15, 0.2) is 59.3 Å². The first-order chi connectivity index (χ1) is 13.2. The van der Waals surface area contributed by atoms with Gasteiger partial charge in [0.2, 0.25) is 0 Å². The SMILES string of the molecule is Clc1ccc(-c2nc(NCCNc3ccon3)c3ccccc3n2)c(Cl)c1. The second kappa shape index (κ2) is 7.82. The maximum absolute atomic E-state index is 6.34. The summed E-state index contributed by atoms with van der Waals surface area (Å²) >= 11 is 12.3. The molecule has 0 spiro atoms. The Hall–Kier alpha value is -2.83. The van der Waals surface area contributed by atoms with Crippen LogP contribution in [0.1, 0.15) is 0 Å². The van der Waals surface area contributed by atoms with Crippen LogP contribution in [-0.2, 0) is 0 Å². The average Bonchev–Trinajstić information content (AvgIpc) is 3.18. The smallest absolute Gasteiger partial charge is 0.169 e. The van der Waals surface area contributed by atoms with Crippen LogP contribution in [0, 0.1) is 0 Å². The zero-order chi connectivity index (χ0) is 18.6. The number of rotatable bonds is 6. The van der Waals surface area contributed by atoms with Gasteiger partial charge in [0.05, 0.1) is 10.5 Å². The third-order valence-electron chi connectivity index (χ3n) is 3.94. The molecule has 0 aliphatic carbocycles. The number of nitrogens with zero attached hydrogens (tertiary/aromatic N) is 3. The van der Waals surface area contributed by atoms with Crippen LogP contribution >= 0.6 is 23.2 Å². The molecule has 2 heterocycles. The fourth-order valence-electron chi connectivity index (χ4n) is 2.68. The Morgan fingerprint density at radius 2 is 1.78 bits per heavy atom. The van der Waals surface area contributed by atoms with E-state index in [1.54, 1.807) is 18.2 Å². The first kappa shape index (κ1) is 17.6. The van der Waals surface area contributed by atoms with E-state index in [4.69, 9.17) is 27.7 Å². The molecule has 8 heteroatoms. The first-order valence-electron chi connectivity index (χ1n) is 8.31. The molecular formula is C19H15Cl2N5O. The third kappa shape index (κ3) is 3.97. The Bertz CT molecular complexity index is 1070. The molecule has 0 saturated carbocycles. The van der Waals surface area contributed by atoms with Gasteiger partial charge in [0.1, 0.15) is 12.1 Å². The molecule has 0 bridgehead atoms. The van der Waals surface area contributed by atoms with Gasteiger partial charge in [-0.15, -0.1) is 0 Å². The summed E-state index contributed by atoms with van der Waals surface area (Å²) in [5.74, 6) is 1.98. The average molecular weight is 400 g/mol. The van der Waals surface area contributed by atoms with Crippen LogP contribution in [0.4, 0.5) is 11.6 Å². The maximum atomic E-state index is 6.34. The van der Waals surface area contributed by atoms with E-state index < -0.39 is 0 Å². The molecule has 6 nitrogen and oxygen atoms in total. The third-order valence-corrected chi connectivity index (χ3v) is 4.48. The molecule has 0 aliphatic heterocycles. The number of benzene rings is 2. The number of hydrogen-bond donors (Lipinski definition) is 2. The molecule has 0 amide bonds. The summed E-state index contributed by atoms with van der Waals surface area (Å²) in [6, 6.07) is 14.9. The van der Waals surface area contributed by atoms with Crippen LogP contribution in [0.5, 0.6) is 0 Å². The van der Waals surface area contributed by atoms with Crippen LogP contribution in [0.3, 0.4) is 0 Å². The fraction of sp³-hybridized carbons (Fsp3) is 0.105. The van der Waals surface area contributed by atoms with Gasteiger partial charge in [-0.25, -0.2) is 9.97 Å². The van der Waals surface area contributed by atoms with Crippen molar-refractivity contribution in [3.05, 3.63) is 64.8 Å². The van der Waals surface area contributed by atoms with Crippen LogP contribution in [0.2, 0.25) is 10.0 Å². The number of para-hydroxylation sites is 1. The van der Waals surface area contributed by atoms with Crippen molar-refractivity contribution in [3.8, 4) is 11.4 Å². The van der Waals surface area contributed by atoms with Gasteiger partial charge in [-0.05, 0) is 30.3 Å². The van der Waals surface area contributed by atoms with Crippen LogP contribution in [0.25, 0.3) is 22.3 Å². The van der Waals surface area contributed by atoms with E-state index >= 15 is 0 Å². The van der Waals surface area contributed by atoms with Gasteiger partial charge in [0, 0.05) is 35.1 Å². The minimum Gasteiger partial charge on any atom is -0.368 e. The van der Waals surface area contributed by atoms with Crippen LogP contribution < -0.4 is 10.6 Å². The Labute approximate surface area is 165 Å². The molecule has 2 N–H and O–H groups in total. The molecule has 0 unspecified atom stereocenters. The lowest BCUT2D eigenvalue weighted by Crippen LogP contribution is -2.15. The standard InChI is InChI=1S/C19H15Cl2N5O/c20-12-5-6-13(15(21)11-12)19-24-16-4-2-1-3-14(16)18(25-19)23-9-8-22-17-7-10-27-26-17/h1-7,10-11H,8-9H2,(H,22,26)(H,23,24,25). The highest BCUT2D eigenvalue weighted by molar-refractivity contribution is 6.36. The predicted octanol–water partition coefficient (Wildman–Crippen LogP) is 5.12. The molecule has 4 aromatic rings. The van der Waals surface area contributed by atoms with E-state index in [-0.39, 0.29) is 0 Å². The molecule has 27 heavy (non-hydrogen) atoms. The molecule has 0 aliphatic rings. The lowest BCUT2D eigenvalue weighted by Gasteiger charge is -2.12. The molecule has 136 valence electrons. The minimum absolute atomic E-state index is 0.511. The predicted molar refractivity (Wildman–Crippen MR) is 108 cm³/mol. The van der Waals surface area contributed by atoms with E-state index in [2.05, 4.69) is 25.8 Å². The van der Waals surface area contributed by atoms with Gasteiger partial charge >= 0.3 is 0 Å². The Kier molecular flexibility index (Phi) is 5.09. The highest BCUT2D eigenvalue weighted by Crippen LogP contribution is 2.31. The summed E-state index contributed by atoms with van der Waals surface area (Å²) in [6.07, 6.45) is 1.52. The number of fused-ring (bicyclic) bond motifs is 1. The number of nitrogens with one attached hydrogen (secondary N) is 2. The van der Waals surface area contributed by atoms with Gasteiger partial charge < -0.3 is 15.2 Å². The summed E-state index contributed by atoms with van der Waals surface area (Å²) in [5.41, 5.74) is 1.57. The van der Waals surface area contributed by atoms with Crippen molar-refractivity contribution < 1.29 is 4.52 Å². The minimum atomic E-state index is 0.511. The molecule has 0 atom stereocenters. The topological polar surface area (TPSA) is 75.9 Å². The number of hydrogen-bond acceptors (Lipinski definition) is 6. The van der Waals surface area contributed by atoms with Gasteiger partial charge in [0.15, 0.2) is 11.6 Å². The largest absolute Gasteiger partial charge is 0.368 e. The molecule has 0 radical (unpaired) electrons. The van der Waals surface area contributed by atoms with E-state index in [9.17, 15) is 0 Å². The van der Waals surface area contributed by atoms with Crippen molar-refractivity contribution in [3.63, 3.8) is 0 Å². The summed E-state index contributed by atoms with van der Waals surface area (Å²) in [4.78, 5) is 9.33. The quantitative estimate of drug-likeness (QED) is 0.438. The van der Waals surface area contributed by atoms with Gasteiger partial charge in [-0.3, -0.25) is 0 Å². The van der Waals surface area contributed by atoms with Crippen molar-refractivity contribution in [2.45, 2.75) is 0 Å². The normalized spacial score (nSPS) is 10.9. The van der Waals surface area contributed by atoms with Crippen LogP contribution in [-0.4, -0.2) is 28.2 Å². The lowest BCUT2D eigenvalue weighted by atomic mass is 10.2. The summed E-state index contributed by atoms with van der Waals surface area (Å²) in [5, 5.41) is 12.3. The van der Waals surface area contributed by atoms with Crippen molar-refractivity contribution in [2.75, 3.05) is 23.7 Å². The zero-order valence-corrected chi connectivity index (χ0v) is 15.6. The highest BCUT2D eigenvalue weighted by atomic mass is 35.5. The summed E-state index contributed by atoms with van der Waals surface area (Å²) < 4.78 is 4.80. The number of halogens is 2. The van der Waals surface area contributed by atoms with Gasteiger partial charge in [-0.2, -0.15) is 0 Å². The zero-order valence-electron chi connectivity index (χ0n) is 14.1. The maximum Gasteiger partial charge on any atom is 0.169 e. The van der Waals surface area contributed by atoms with E-state index in [1.807, 2.05) is 30.3 Å². The summed E-state index contributed by atoms with van der Waals surface area (Å²) in [6.45, 7) is 1.30. The number of aromatic nitrogens is 3. The molecule has 4 rings (SSSR count).